The first-order chi connectivity index (χ1) is 12.7. The van der Waals surface area contributed by atoms with Gasteiger partial charge in [-0.3, -0.25) is 4.79 Å². The predicted octanol–water partition coefficient (Wildman–Crippen LogP) is 3.00. The molecule has 0 spiro atoms. The van der Waals surface area contributed by atoms with Gasteiger partial charge >= 0.3 is 0 Å². The van der Waals surface area contributed by atoms with Crippen LogP contribution in [0.2, 0.25) is 0 Å². The van der Waals surface area contributed by atoms with Crippen LogP contribution < -0.4 is 5.32 Å². The molecule has 0 radical (unpaired) electrons. The minimum atomic E-state index is -0.0636. The van der Waals surface area contributed by atoms with Gasteiger partial charge in [0.15, 0.2) is 0 Å². The van der Waals surface area contributed by atoms with Gasteiger partial charge in [-0.15, -0.1) is 0 Å². The maximum Gasteiger partial charge on any atom is 0.251 e. The van der Waals surface area contributed by atoms with Gasteiger partial charge in [-0.1, -0.05) is 28.9 Å². The van der Waals surface area contributed by atoms with Crippen LogP contribution in [0.4, 0.5) is 0 Å². The minimum absolute atomic E-state index is 0.0636. The molecule has 4 rings (SSSR count). The molecule has 0 saturated heterocycles. The third-order valence-corrected chi connectivity index (χ3v) is 4.99. The Kier molecular flexibility index (Phi) is 4.84. The molecule has 6 heteroatoms. The summed E-state index contributed by atoms with van der Waals surface area (Å²) >= 11 is 0. The van der Waals surface area contributed by atoms with Crippen LogP contribution >= 0.6 is 0 Å². The summed E-state index contributed by atoms with van der Waals surface area (Å²) in [5.74, 6) is 1.63. The molecule has 0 atom stereocenters. The number of rotatable bonds is 6. The molecule has 1 aliphatic heterocycles. The highest BCUT2D eigenvalue weighted by atomic mass is 16.5. The van der Waals surface area contributed by atoms with Crippen molar-refractivity contribution in [3.8, 4) is 11.4 Å². The molecule has 2 heterocycles. The van der Waals surface area contributed by atoms with Gasteiger partial charge in [0.05, 0.1) is 0 Å². The van der Waals surface area contributed by atoms with E-state index in [0.29, 0.717) is 29.7 Å². The van der Waals surface area contributed by atoms with Crippen molar-refractivity contribution in [2.75, 3.05) is 26.7 Å². The number of likely N-dealkylation sites (N-methyl/N-ethyl adjacent to an activating group) is 1. The highest BCUT2D eigenvalue weighted by molar-refractivity contribution is 5.95. The maximum atomic E-state index is 12.4. The molecule has 6 nitrogen and oxygen atoms in total. The molecule has 1 aromatic heterocycles. The maximum absolute atomic E-state index is 12.4. The Morgan fingerprint density at radius 2 is 2.27 bits per heavy atom. The summed E-state index contributed by atoms with van der Waals surface area (Å²) < 4.78 is 5.31. The summed E-state index contributed by atoms with van der Waals surface area (Å²) in [5.41, 5.74) is 2.86. The van der Waals surface area contributed by atoms with Crippen molar-refractivity contribution >= 4 is 5.91 Å². The molecule has 2 aliphatic rings. The number of benzene rings is 1. The van der Waals surface area contributed by atoms with E-state index >= 15 is 0 Å². The standard InChI is InChI=1S/C20H24N4O2/c1-24-11-8-14(9-12-24)7-10-21-19(25)17-4-2-3-16(13-17)18-22-20(26-23-18)15-5-6-15/h2-4,8,13,15H,5-7,9-12H2,1H3,(H,21,25). The predicted molar refractivity (Wildman–Crippen MR) is 98.9 cm³/mol. The molecule has 2 aromatic rings. The molecular weight excluding hydrogens is 328 g/mol. The lowest BCUT2D eigenvalue weighted by molar-refractivity contribution is 0.0954. The number of aromatic nitrogens is 2. The zero-order chi connectivity index (χ0) is 17.9. The highest BCUT2D eigenvalue weighted by Gasteiger charge is 2.29. The van der Waals surface area contributed by atoms with Crippen molar-refractivity contribution in [1.82, 2.24) is 20.4 Å². The second-order valence-electron chi connectivity index (χ2n) is 7.19. The molecule has 26 heavy (non-hydrogen) atoms. The fourth-order valence-corrected chi connectivity index (χ4v) is 3.13. The van der Waals surface area contributed by atoms with E-state index in [1.54, 1.807) is 0 Å². The van der Waals surface area contributed by atoms with Gasteiger partial charge in [0, 0.05) is 36.7 Å². The summed E-state index contributed by atoms with van der Waals surface area (Å²) in [6.07, 6.45) is 6.51. The molecule has 1 saturated carbocycles. The van der Waals surface area contributed by atoms with Gasteiger partial charge in [0.25, 0.3) is 5.91 Å². The Morgan fingerprint density at radius 3 is 3.04 bits per heavy atom. The van der Waals surface area contributed by atoms with E-state index in [1.807, 2.05) is 24.3 Å². The Labute approximate surface area is 153 Å². The first kappa shape index (κ1) is 17.0. The average Bonchev–Trinajstić information content (AvgIpc) is 3.40. The molecule has 136 valence electrons. The molecular formula is C20H24N4O2. The van der Waals surface area contributed by atoms with Gasteiger partial charge in [-0.05, 0) is 44.9 Å². The lowest BCUT2D eigenvalue weighted by Crippen LogP contribution is -2.27. The van der Waals surface area contributed by atoms with Crippen LogP contribution in [-0.2, 0) is 0 Å². The van der Waals surface area contributed by atoms with Gasteiger partial charge in [-0.25, -0.2) is 0 Å². The molecule has 1 aliphatic carbocycles. The number of carbonyl (C=O) groups excluding carboxylic acids is 1. The van der Waals surface area contributed by atoms with Crippen LogP contribution in [0.1, 0.15) is 47.8 Å². The van der Waals surface area contributed by atoms with Crippen molar-refractivity contribution in [2.24, 2.45) is 0 Å². The van der Waals surface area contributed by atoms with E-state index in [-0.39, 0.29) is 5.91 Å². The largest absolute Gasteiger partial charge is 0.352 e. The Bertz CT molecular complexity index is 823. The number of hydrogen-bond donors (Lipinski definition) is 1. The number of nitrogens with one attached hydrogen (secondary N) is 1. The smallest absolute Gasteiger partial charge is 0.251 e. The van der Waals surface area contributed by atoms with Gasteiger partial charge < -0.3 is 14.7 Å². The monoisotopic (exact) mass is 352 g/mol. The summed E-state index contributed by atoms with van der Waals surface area (Å²) in [6, 6.07) is 7.40. The van der Waals surface area contributed by atoms with E-state index in [1.165, 1.54) is 5.57 Å². The van der Waals surface area contributed by atoms with Crippen LogP contribution in [0.5, 0.6) is 0 Å². The Hall–Kier alpha value is -2.47. The number of hydrogen-bond acceptors (Lipinski definition) is 5. The first-order valence-electron chi connectivity index (χ1n) is 9.28. The van der Waals surface area contributed by atoms with E-state index in [4.69, 9.17) is 4.52 Å². The summed E-state index contributed by atoms with van der Waals surface area (Å²) in [5, 5.41) is 7.06. The minimum Gasteiger partial charge on any atom is -0.352 e. The van der Waals surface area contributed by atoms with Gasteiger partial charge in [0.1, 0.15) is 0 Å². The second kappa shape index (κ2) is 7.41. The number of amides is 1. The summed E-state index contributed by atoms with van der Waals surface area (Å²) in [4.78, 5) is 19.2. The first-order valence-corrected chi connectivity index (χ1v) is 9.28. The Morgan fingerprint density at radius 1 is 1.38 bits per heavy atom. The molecule has 1 amide bonds. The average molecular weight is 352 g/mol. The third kappa shape index (κ3) is 4.02. The van der Waals surface area contributed by atoms with E-state index < -0.39 is 0 Å². The van der Waals surface area contributed by atoms with Crippen molar-refractivity contribution in [3.63, 3.8) is 0 Å². The fourth-order valence-electron chi connectivity index (χ4n) is 3.13. The zero-order valence-corrected chi connectivity index (χ0v) is 15.1. The topological polar surface area (TPSA) is 71.3 Å². The van der Waals surface area contributed by atoms with Crippen LogP contribution in [0.3, 0.4) is 0 Å². The summed E-state index contributed by atoms with van der Waals surface area (Å²) in [7, 11) is 2.12. The fraction of sp³-hybridized carbons (Fsp3) is 0.450. The van der Waals surface area contributed by atoms with Crippen molar-refractivity contribution in [1.29, 1.82) is 0 Å². The SMILES string of the molecule is CN1CC=C(CCNC(=O)c2cccc(-c3noc(C4CC4)n3)c2)CC1. The second-order valence-corrected chi connectivity index (χ2v) is 7.19. The molecule has 1 N–H and O–H groups in total. The quantitative estimate of drug-likeness (QED) is 0.809. The van der Waals surface area contributed by atoms with E-state index in [9.17, 15) is 4.79 Å². The summed E-state index contributed by atoms with van der Waals surface area (Å²) in [6.45, 7) is 2.75. The van der Waals surface area contributed by atoms with E-state index in [0.717, 1.165) is 44.3 Å². The normalized spacial score (nSPS) is 17.8. The van der Waals surface area contributed by atoms with Crippen LogP contribution in [0.15, 0.2) is 40.4 Å². The van der Waals surface area contributed by atoms with Crippen LogP contribution in [0.25, 0.3) is 11.4 Å². The molecule has 0 bridgehead atoms. The lowest BCUT2D eigenvalue weighted by atomic mass is 10.1. The lowest BCUT2D eigenvalue weighted by Gasteiger charge is -2.21. The number of carbonyl (C=O) groups is 1. The number of nitrogens with zero attached hydrogens (tertiary/aromatic N) is 3. The third-order valence-electron chi connectivity index (χ3n) is 4.99. The highest BCUT2D eigenvalue weighted by Crippen LogP contribution is 2.39. The Balaban J connectivity index is 1.35. The van der Waals surface area contributed by atoms with Gasteiger partial charge in [-0.2, -0.15) is 4.98 Å². The van der Waals surface area contributed by atoms with Crippen LogP contribution in [0, 0.1) is 0 Å². The van der Waals surface area contributed by atoms with E-state index in [2.05, 4.69) is 33.5 Å². The molecule has 0 unspecified atom stereocenters. The van der Waals surface area contributed by atoms with Gasteiger partial charge in [0.2, 0.25) is 11.7 Å². The van der Waals surface area contributed by atoms with Crippen LogP contribution in [-0.4, -0.2) is 47.6 Å². The van der Waals surface area contributed by atoms with Crippen molar-refractivity contribution < 1.29 is 9.32 Å². The molecule has 1 fully saturated rings. The van der Waals surface area contributed by atoms with Crippen molar-refractivity contribution in [2.45, 2.75) is 31.6 Å². The molecule has 1 aromatic carbocycles. The zero-order valence-electron chi connectivity index (χ0n) is 15.1. The van der Waals surface area contributed by atoms with Crippen molar-refractivity contribution in [3.05, 3.63) is 47.4 Å².